The molecule has 0 heterocycles. The van der Waals surface area contributed by atoms with E-state index < -0.39 is 21.7 Å². The van der Waals surface area contributed by atoms with Gasteiger partial charge in [-0.3, -0.25) is 4.79 Å². The van der Waals surface area contributed by atoms with E-state index in [0.29, 0.717) is 18.7 Å². The molecule has 0 saturated carbocycles. The Bertz CT molecular complexity index is 930. The molecule has 0 fully saturated rings. The van der Waals surface area contributed by atoms with E-state index in [1.54, 1.807) is 32.0 Å². The average Bonchev–Trinajstić information content (AvgIpc) is 2.64. The number of sulfonamides is 1. The second-order valence-electron chi connectivity index (χ2n) is 5.99. The topological polar surface area (TPSA) is 57.7 Å². The SMILES string of the molecule is CCN(CC)S(=O)(=O)c1cc(C(=O)N(C)Cc2ccccc2F)ccc1Cl. The van der Waals surface area contributed by atoms with Crippen molar-refractivity contribution >= 4 is 27.5 Å². The Morgan fingerprint density at radius 1 is 1.11 bits per heavy atom. The molecule has 8 heteroatoms. The van der Waals surface area contributed by atoms with Gasteiger partial charge in [0, 0.05) is 37.8 Å². The van der Waals surface area contributed by atoms with Crippen LogP contribution in [0, 0.1) is 5.82 Å². The summed E-state index contributed by atoms with van der Waals surface area (Å²) in [5, 5.41) is 0.0511. The van der Waals surface area contributed by atoms with E-state index in [1.165, 1.54) is 40.5 Å². The van der Waals surface area contributed by atoms with E-state index in [0.717, 1.165) is 0 Å². The van der Waals surface area contributed by atoms with E-state index in [-0.39, 0.29) is 22.0 Å². The summed E-state index contributed by atoms with van der Waals surface area (Å²) in [6.45, 7) is 4.10. The fraction of sp³-hybridized carbons (Fsp3) is 0.316. The van der Waals surface area contributed by atoms with Crippen LogP contribution in [0.25, 0.3) is 0 Å². The van der Waals surface area contributed by atoms with Gasteiger partial charge in [-0.25, -0.2) is 12.8 Å². The summed E-state index contributed by atoms with van der Waals surface area (Å²) in [6, 6.07) is 10.3. The molecule has 0 aromatic heterocycles. The lowest BCUT2D eigenvalue weighted by molar-refractivity contribution is 0.0783. The summed E-state index contributed by atoms with van der Waals surface area (Å²) in [5.41, 5.74) is 0.544. The molecule has 2 aromatic carbocycles. The Hall–Kier alpha value is -1.96. The van der Waals surface area contributed by atoms with Crippen molar-refractivity contribution in [1.82, 2.24) is 9.21 Å². The average molecular weight is 413 g/mol. The van der Waals surface area contributed by atoms with Crippen LogP contribution in [0.2, 0.25) is 5.02 Å². The minimum absolute atomic E-state index is 0.0511. The Balaban J connectivity index is 2.34. The van der Waals surface area contributed by atoms with E-state index >= 15 is 0 Å². The fourth-order valence-corrected chi connectivity index (χ4v) is 4.67. The highest BCUT2D eigenvalue weighted by Crippen LogP contribution is 2.26. The predicted molar refractivity (Wildman–Crippen MR) is 104 cm³/mol. The van der Waals surface area contributed by atoms with Gasteiger partial charge in [-0.2, -0.15) is 4.31 Å². The van der Waals surface area contributed by atoms with Crippen molar-refractivity contribution in [2.24, 2.45) is 0 Å². The Kier molecular flexibility index (Phi) is 6.97. The van der Waals surface area contributed by atoms with Crippen LogP contribution in [-0.2, 0) is 16.6 Å². The van der Waals surface area contributed by atoms with Gasteiger partial charge in [-0.05, 0) is 24.3 Å². The van der Waals surface area contributed by atoms with Gasteiger partial charge in [-0.1, -0.05) is 43.6 Å². The van der Waals surface area contributed by atoms with Crippen LogP contribution < -0.4 is 0 Å². The third kappa shape index (κ3) is 4.66. The maximum atomic E-state index is 13.8. The van der Waals surface area contributed by atoms with Crippen molar-refractivity contribution in [3.8, 4) is 0 Å². The number of nitrogens with zero attached hydrogens (tertiary/aromatic N) is 2. The second kappa shape index (κ2) is 8.82. The lowest BCUT2D eigenvalue weighted by Gasteiger charge is -2.21. The monoisotopic (exact) mass is 412 g/mol. The number of carbonyl (C=O) groups excluding carboxylic acids is 1. The zero-order valence-electron chi connectivity index (χ0n) is 15.4. The zero-order valence-corrected chi connectivity index (χ0v) is 17.0. The molecule has 2 rings (SSSR count). The summed E-state index contributed by atoms with van der Waals surface area (Å²) in [4.78, 5) is 13.9. The summed E-state index contributed by atoms with van der Waals surface area (Å²) >= 11 is 6.09. The van der Waals surface area contributed by atoms with Gasteiger partial charge in [0.25, 0.3) is 5.91 Å². The summed E-state index contributed by atoms with van der Waals surface area (Å²) in [6.07, 6.45) is 0. The lowest BCUT2D eigenvalue weighted by atomic mass is 10.1. The number of rotatable bonds is 7. The van der Waals surface area contributed by atoms with Gasteiger partial charge >= 0.3 is 0 Å². The van der Waals surface area contributed by atoms with Crippen molar-refractivity contribution in [1.29, 1.82) is 0 Å². The van der Waals surface area contributed by atoms with E-state index in [9.17, 15) is 17.6 Å². The number of hydrogen-bond acceptors (Lipinski definition) is 3. The summed E-state index contributed by atoms with van der Waals surface area (Å²) in [5.74, 6) is -0.830. The molecule has 0 radical (unpaired) electrons. The highest BCUT2D eigenvalue weighted by Gasteiger charge is 2.26. The van der Waals surface area contributed by atoms with Crippen LogP contribution in [0.5, 0.6) is 0 Å². The van der Waals surface area contributed by atoms with Crippen LogP contribution in [0.1, 0.15) is 29.8 Å². The lowest BCUT2D eigenvalue weighted by Crippen LogP contribution is -2.31. The molecule has 27 heavy (non-hydrogen) atoms. The number of amides is 1. The second-order valence-corrected chi connectivity index (χ2v) is 8.30. The minimum Gasteiger partial charge on any atom is -0.337 e. The van der Waals surface area contributed by atoms with Gasteiger partial charge in [0.15, 0.2) is 0 Å². The van der Waals surface area contributed by atoms with Crippen LogP contribution >= 0.6 is 11.6 Å². The normalized spacial score (nSPS) is 11.6. The van der Waals surface area contributed by atoms with Crippen molar-refractivity contribution in [3.63, 3.8) is 0 Å². The van der Waals surface area contributed by atoms with Crippen molar-refractivity contribution in [2.75, 3.05) is 20.1 Å². The highest BCUT2D eigenvalue weighted by molar-refractivity contribution is 7.89. The van der Waals surface area contributed by atoms with Crippen LogP contribution in [0.3, 0.4) is 0 Å². The number of benzene rings is 2. The molecule has 0 aliphatic carbocycles. The molecule has 0 saturated heterocycles. The molecule has 146 valence electrons. The molecule has 0 unspecified atom stereocenters. The first kappa shape index (κ1) is 21.3. The first-order valence-corrected chi connectivity index (χ1v) is 10.3. The molecule has 0 aliphatic heterocycles. The van der Waals surface area contributed by atoms with Gasteiger partial charge in [0.05, 0.1) is 5.02 Å². The smallest absolute Gasteiger partial charge is 0.253 e. The van der Waals surface area contributed by atoms with E-state index in [1.807, 2.05) is 0 Å². The molecular weight excluding hydrogens is 391 g/mol. The highest BCUT2D eigenvalue weighted by atomic mass is 35.5. The predicted octanol–water partition coefficient (Wildman–Crippen LogP) is 3.78. The summed E-state index contributed by atoms with van der Waals surface area (Å²) < 4.78 is 40.6. The standard InChI is InChI=1S/C19H22ClFN2O3S/c1-4-23(5-2)27(25,26)18-12-14(10-11-16(18)20)19(24)22(3)13-15-8-6-7-9-17(15)21/h6-12H,4-5,13H2,1-3H3. The Morgan fingerprint density at radius 3 is 2.33 bits per heavy atom. The van der Waals surface area contributed by atoms with Crippen LogP contribution in [0.15, 0.2) is 47.4 Å². The quantitative estimate of drug-likeness (QED) is 0.695. The number of halogens is 2. The molecule has 0 bridgehead atoms. The van der Waals surface area contributed by atoms with Crippen molar-refractivity contribution in [3.05, 3.63) is 64.4 Å². The van der Waals surface area contributed by atoms with Crippen LogP contribution in [0.4, 0.5) is 4.39 Å². The Morgan fingerprint density at radius 2 is 1.74 bits per heavy atom. The number of carbonyl (C=O) groups is 1. The molecule has 2 aromatic rings. The Labute approximate surface area is 164 Å². The zero-order chi connectivity index (χ0) is 20.2. The van der Waals surface area contributed by atoms with E-state index in [4.69, 9.17) is 11.6 Å². The molecule has 0 N–H and O–H groups in total. The van der Waals surface area contributed by atoms with Gasteiger partial charge < -0.3 is 4.90 Å². The van der Waals surface area contributed by atoms with E-state index in [2.05, 4.69) is 0 Å². The fourth-order valence-electron chi connectivity index (χ4n) is 2.71. The largest absolute Gasteiger partial charge is 0.337 e. The van der Waals surface area contributed by atoms with Gasteiger partial charge in [-0.15, -0.1) is 0 Å². The molecule has 1 amide bonds. The molecular formula is C19H22ClFN2O3S. The van der Waals surface area contributed by atoms with Crippen LogP contribution in [-0.4, -0.2) is 43.7 Å². The first-order valence-electron chi connectivity index (χ1n) is 8.50. The number of hydrogen-bond donors (Lipinski definition) is 0. The third-order valence-corrected chi connectivity index (χ3v) is 6.74. The minimum atomic E-state index is -3.81. The molecule has 0 atom stereocenters. The first-order chi connectivity index (χ1) is 12.7. The van der Waals surface area contributed by atoms with Crippen molar-refractivity contribution < 1.29 is 17.6 Å². The molecule has 0 aliphatic rings. The molecule has 0 spiro atoms. The maximum Gasteiger partial charge on any atom is 0.253 e. The maximum absolute atomic E-state index is 13.8. The third-order valence-electron chi connectivity index (χ3n) is 4.21. The van der Waals surface area contributed by atoms with Gasteiger partial charge in [0.1, 0.15) is 10.7 Å². The van der Waals surface area contributed by atoms with Gasteiger partial charge in [0.2, 0.25) is 10.0 Å². The molecule has 5 nitrogen and oxygen atoms in total. The summed E-state index contributed by atoms with van der Waals surface area (Å²) in [7, 11) is -2.28. The van der Waals surface area contributed by atoms with Crippen molar-refractivity contribution in [2.45, 2.75) is 25.3 Å².